The van der Waals surface area contributed by atoms with Gasteiger partial charge in [0.1, 0.15) is 33.9 Å². The van der Waals surface area contributed by atoms with Crippen LogP contribution < -0.4 is 20.1 Å². The van der Waals surface area contributed by atoms with Crippen molar-refractivity contribution in [1.29, 1.82) is 5.26 Å². The summed E-state index contributed by atoms with van der Waals surface area (Å²) in [6.45, 7) is 0. The van der Waals surface area contributed by atoms with Gasteiger partial charge < -0.3 is 19.1 Å². The van der Waals surface area contributed by atoms with Gasteiger partial charge in [0.2, 0.25) is 0 Å². The zero-order valence-corrected chi connectivity index (χ0v) is 20.4. The lowest BCUT2D eigenvalue weighted by Gasteiger charge is -2.40. The Morgan fingerprint density at radius 3 is 2.41 bits per heavy atom. The lowest BCUT2D eigenvalue weighted by Crippen LogP contribution is -2.42. The zero-order chi connectivity index (χ0) is 24.6. The van der Waals surface area contributed by atoms with Crippen molar-refractivity contribution in [3.63, 3.8) is 0 Å². The Kier molecular flexibility index (Phi) is 6.67. The number of nitrogens with zero attached hydrogens (tertiary/aromatic N) is 5. The molecule has 0 saturated heterocycles. The smallest absolute Gasteiger partial charge is 0.270 e. The SMILES string of the molecule is COc1cc(F)ccc1N(C)[C@H]1CC[C@@H](N(C)c2c(C#N)c(=O)n(C)c3ccc(Cl)nc23)CC1. The molecule has 0 aliphatic heterocycles. The minimum Gasteiger partial charge on any atom is -0.494 e. The van der Waals surface area contributed by atoms with Gasteiger partial charge in [0.25, 0.3) is 5.56 Å². The van der Waals surface area contributed by atoms with Crippen LogP contribution in [0, 0.1) is 17.1 Å². The zero-order valence-electron chi connectivity index (χ0n) is 19.7. The quantitative estimate of drug-likeness (QED) is 0.498. The summed E-state index contributed by atoms with van der Waals surface area (Å²) in [5.74, 6) is 0.178. The second-order valence-electron chi connectivity index (χ2n) is 8.70. The molecule has 0 bridgehead atoms. The standard InChI is InChI=1S/C25H27ClFN5O2/c1-30(19-10-5-15(27)13-21(19)34-4)16-6-8-17(9-7-16)31(2)24-18(14-28)25(33)32(3)20-11-12-22(26)29-23(20)24/h5,10-13,16-17H,6-9H2,1-4H3/t16-,17+. The fourth-order valence-electron chi connectivity index (χ4n) is 4.97. The number of benzene rings is 1. The van der Waals surface area contributed by atoms with E-state index in [1.54, 1.807) is 32.4 Å². The van der Waals surface area contributed by atoms with Crippen LogP contribution in [0.2, 0.25) is 5.15 Å². The van der Waals surface area contributed by atoms with Crippen LogP contribution in [0.5, 0.6) is 5.75 Å². The minimum absolute atomic E-state index is 0.0718. The molecule has 34 heavy (non-hydrogen) atoms. The minimum atomic E-state index is -0.349. The van der Waals surface area contributed by atoms with Crippen LogP contribution in [-0.2, 0) is 7.05 Å². The van der Waals surface area contributed by atoms with Crippen molar-refractivity contribution in [2.24, 2.45) is 7.05 Å². The third-order valence-electron chi connectivity index (χ3n) is 6.93. The van der Waals surface area contributed by atoms with E-state index < -0.39 is 0 Å². The van der Waals surface area contributed by atoms with Crippen molar-refractivity contribution >= 4 is 34.0 Å². The molecule has 3 aromatic rings. The number of hydrogen-bond donors (Lipinski definition) is 0. The van der Waals surface area contributed by atoms with Crippen LogP contribution in [0.4, 0.5) is 15.8 Å². The summed E-state index contributed by atoms with van der Waals surface area (Å²) in [7, 11) is 7.09. The molecule has 0 N–H and O–H groups in total. The van der Waals surface area contributed by atoms with Gasteiger partial charge in [-0.15, -0.1) is 0 Å². The van der Waals surface area contributed by atoms with Crippen LogP contribution in [0.1, 0.15) is 31.2 Å². The molecular weight excluding hydrogens is 457 g/mol. The summed E-state index contributed by atoms with van der Waals surface area (Å²) < 4.78 is 20.5. The van der Waals surface area contributed by atoms with Crippen molar-refractivity contribution in [3.05, 3.63) is 57.2 Å². The van der Waals surface area contributed by atoms with Crippen LogP contribution >= 0.6 is 11.6 Å². The number of ether oxygens (including phenoxy) is 1. The largest absolute Gasteiger partial charge is 0.494 e. The Morgan fingerprint density at radius 1 is 1.15 bits per heavy atom. The van der Waals surface area contributed by atoms with Gasteiger partial charge in [-0.1, -0.05) is 11.6 Å². The maximum absolute atomic E-state index is 13.6. The van der Waals surface area contributed by atoms with E-state index in [0.717, 1.165) is 31.4 Å². The van der Waals surface area contributed by atoms with Crippen molar-refractivity contribution in [1.82, 2.24) is 9.55 Å². The van der Waals surface area contributed by atoms with Crippen LogP contribution in [-0.4, -0.2) is 42.8 Å². The first kappa shape index (κ1) is 23.8. The van der Waals surface area contributed by atoms with Gasteiger partial charge >= 0.3 is 0 Å². The summed E-state index contributed by atoms with van der Waals surface area (Å²) in [6, 6.07) is 10.5. The monoisotopic (exact) mass is 483 g/mol. The number of nitriles is 1. The summed E-state index contributed by atoms with van der Waals surface area (Å²) >= 11 is 6.18. The Labute approximate surface area is 202 Å². The van der Waals surface area contributed by atoms with Crippen LogP contribution in [0.25, 0.3) is 11.0 Å². The van der Waals surface area contributed by atoms with Gasteiger partial charge in [-0.2, -0.15) is 5.26 Å². The molecule has 1 saturated carbocycles. The third-order valence-corrected chi connectivity index (χ3v) is 7.14. The van der Waals surface area contributed by atoms with Crippen LogP contribution in [0.15, 0.2) is 35.1 Å². The van der Waals surface area contributed by atoms with Crippen molar-refractivity contribution < 1.29 is 9.13 Å². The highest BCUT2D eigenvalue weighted by Gasteiger charge is 2.30. The van der Waals surface area contributed by atoms with Gasteiger partial charge in [-0.25, -0.2) is 9.37 Å². The van der Waals surface area contributed by atoms with E-state index in [-0.39, 0.29) is 29.0 Å². The molecule has 0 amide bonds. The number of anilines is 2. The molecule has 7 nitrogen and oxygen atoms in total. The third kappa shape index (κ3) is 4.16. The van der Waals surface area contributed by atoms with Crippen molar-refractivity contribution in [2.75, 3.05) is 31.0 Å². The lowest BCUT2D eigenvalue weighted by atomic mass is 9.88. The number of rotatable bonds is 5. The number of pyridine rings is 2. The average Bonchev–Trinajstić information content (AvgIpc) is 2.85. The first-order valence-electron chi connectivity index (χ1n) is 11.1. The molecule has 0 unspecified atom stereocenters. The predicted molar refractivity (Wildman–Crippen MR) is 133 cm³/mol. The number of hydrogen-bond acceptors (Lipinski definition) is 6. The molecule has 0 atom stereocenters. The van der Waals surface area contributed by atoms with Gasteiger partial charge in [-0.3, -0.25) is 4.79 Å². The van der Waals surface area contributed by atoms with Gasteiger partial charge in [-0.05, 0) is 49.9 Å². The normalized spacial score (nSPS) is 17.9. The van der Waals surface area contributed by atoms with E-state index in [4.69, 9.17) is 16.3 Å². The molecule has 1 aliphatic carbocycles. The highest BCUT2D eigenvalue weighted by Crippen LogP contribution is 2.36. The first-order chi connectivity index (χ1) is 16.3. The molecule has 0 radical (unpaired) electrons. The van der Waals surface area contributed by atoms with E-state index in [9.17, 15) is 14.4 Å². The number of halogens is 2. The van der Waals surface area contributed by atoms with E-state index >= 15 is 0 Å². The summed E-state index contributed by atoms with van der Waals surface area (Å²) in [6.07, 6.45) is 3.50. The summed E-state index contributed by atoms with van der Waals surface area (Å²) in [5, 5.41) is 10.1. The van der Waals surface area contributed by atoms with Gasteiger partial charge in [0.15, 0.2) is 0 Å². The summed E-state index contributed by atoms with van der Waals surface area (Å²) in [4.78, 5) is 21.5. The van der Waals surface area contributed by atoms with Gasteiger partial charge in [0.05, 0.1) is 24.0 Å². The Morgan fingerprint density at radius 2 is 1.79 bits per heavy atom. The molecule has 1 aromatic carbocycles. The Balaban J connectivity index is 1.61. The first-order valence-corrected chi connectivity index (χ1v) is 11.5. The maximum atomic E-state index is 13.6. The fourth-order valence-corrected chi connectivity index (χ4v) is 5.12. The van der Waals surface area contributed by atoms with E-state index in [2.05, 4.69) is 16.0 Å². The second kappa shape index (κ2) is 9.51. The molecule has 0 spiro atoms. The lowest BCUT2D eigenvalue weighted by molar-refractivity contribution is 0.370. The van der Waals surface area contributed by atoms with E-state index in [1.165, 1.54) is 16.7 Å². The molecule has 4 rings (SSSR count). The average molecular weight is 484 g/mol. The van der Waals surface area contributed by atoms with Crippen molar-refractivity contribution in [3.8, 4) is 11.8 Å². The molecular formula is C25H27ClFN5O2. The molecule has 2 heterocycles. The highest BCUT2D eigenvalue weighted by molar-refractivity contribution is 6.29. The molecule has 2 aromatic heterocycles. The number of methoxy groups -OCH3 is 1. The Bertz CT molecular complexity index is 1330. The van der Waals surface area contributed by atoms with Gasteiger partial charge in [0, 0.05) is 39.3 Å². The number of aryl methyl sites for hydroxylation is 1. The van der Waals surface area contributed by atoms with E-state index in [1.807, 2.05) is 19.0 Å². The van der Waals surface area contributed by atoms with E-state index in [0.29, 0.717) is 27.6 Å². The predicted octanol–water partition coefficient (Wildman–Crippen LogP) is 4.49. The fraction of sp³-hybridized carbons (Fsp3) is 0.400. The maximum Gasteiger partial charge on any atom is 0.270 e. The number of fused-ring (bicyclic) bond motifs is 1. The molecule has 178 valence electrons. The van der Waals surface area contributed by atoms with Crippen LogP contribution in [0.3, 0.4) is 0 Å². The Hall–Kier alpha value is -3.31. The molecule has 1 aliphatic rings. The number of aromatic nitrogens is 2. The topological polar surface area (TPSA) is 74.4 Å². The summed E-state index contributed by atoms with van der Waals surface area (Å²) in [5.41, 5.74) is 2.28. The molecule has 1 fully saturated rings. The molecule has 9 heteroatoms. The van der Waals surface area contributed by atoms with Crippen molar-refractivity contribution in [2.45, 2.75) is 37.8 Å². The highest BCUT2D eigenvalue weighted by atomic mass is 35.5. The second-order valence-corrected chi connectivity index (χ2v) is 9.09.